The topological polar surface area (TPSA) is 41.8 Å². The minimum atomic E-state index is 0.448. The molecule has 0 spiro atoms. The second-order valence-corrected chi connectivity index (χ2v) is 4.31. The molecule has 1 saturated carbocycles. The van der Waals surface area contributed by atoms with Gasteiger partial charge in [0, 0.05) is 11.4 Å². The molecule has 0 aromatic carbocycles. The van der Waals surface area contributed by atoms with Crippen molar-refractivity contribution in [3.63, 3.8) is 0 Å². The van der Waals surface area contributed by atoms with Gasteiger partial charge in [-0.3, -0.25) is 0 Å². The predicted molar refractivity (Wildman–Crippen MR) is 54.9 cm³/mol. The summed E-state index contributed by atoms with van der Waals surface area (Å²) in [6, 6.07) is 2.29. The maximum absolute atomic E-state index is 5.64. The fraction of sp³-hybridized carbons (Fsp3) is 0.636. The van der Waals surface area contributed by atoms with Gasteiger partial charge in [-0.05, 0) is 56.7 Å². The number of hydrogen-bond donors (Lipinski definition) is 2. The molecular formula is C11H18N2. The maximum Gasteiger partial charge on any atom is 0.0155 e. The van der Waals surface area contributed by atoms with E-state index >= 15 is 0 Å². The van der Waals surface area contributed by atoms with Crippen LogP contribution in [0.2, 0.25) is 0 Å². The molecule has 1 aromatic rings. The van der Waals surface area contributed by atoms with Crippen LogP contribution in [0.4, 0.5) is 0 Å². The third-order valence-corrected chi connectivity index (χ3v) is 3.20. The number of hydrogen-bond acceptors (Lipinski definition) is 1. The van der Waals surface area contributed by atoms with Crippen molar-refractivity contribution < 1.29 is 0 Å². The van der Waals surface area contributed by atoms with Gasteiger partial charge in [0.2, 0.25) is 0 Å². The molecule has 1 aliphatic rings. The molecule has 0 atom stereocenters. The van der Waals surface area contributed by atoms with Crippen LogP contribution >= 0.6 is 0 Å². The molecule has 1 aliphatic carbocycles. The lowest BCUT2D eigenvalue weighted by Crippen LogP contribution is -2.13. The second kappa shape index (κ2) is 2.88. The van der Waals surface area contributed by atoms with Crippen LogP contribution in [-0.4, -0.2) is 11.5 Å². The molecule has 13 heavy (non-hydrogen) atoms. The molecule has 0 bridgehead atoms. The molecule has 0 unspecified atom stereocenters. The minimum absolute atomic E-state index is 0.448. The van der Waals surface area contributed by atoms with Gasteiger partial charge in [0.15, 0.2) is 0 Å². The summed E-state index contributed by atoms with van der Waals surface area (Å²) in [5.41, 5.74) is 10.2. The molecule has 0 amide bonds. The Hall–Kier alpha value is -0.760. The number of nitrogens with two attached hydrogens (primary N) is 1. The highest BCUT2D eigenvalue weighted by atomic mass is 14.7. The van der Waals surface area contributed by atoms with Crippen molar-refractivity contribution in [2.24, 2.45) is 5.73 Å². The summed E-state index contributed by atoms with van der Waals surface area (Å²) in [5, 5.41) is 0. The lowest BCUT2D eigenvalue weighted by atomic mass is 9.92. The molecule has 0 saturated heterocycles. The van der Waals surface area contributed by atoms with Crippen LogP contribution in [-0.2, 0) is 5.41 Å². The first-order valence-electron chi connectivity index (χ1n) is 5.05. The highest BCUT2D eigenvalue weighted by Gasteiger charge is 2.44. The molecule has 0 aliphatic heterocycles. The summed E-state index contributed by atoms with van der Waals surface area (Å²) < 4.78 is 0. The van der Waals surface area contributed by atoms with E-state index < -0.39 is 0 Å². The number of aromatic nitrogens is 1. The number of aromatic amines is 1. The van der Waals surface area contributed by atoms with Crippen LogP contribution in [0.3, 0.4) is 0 Å². The zero-order chi connectivity index (χ0) is 9.47. The zero-order valence-corrected chi connectivity index (χ0v) is 8.48. The molecular weight excluding hydrogens is 160 g/mol. The predicted octanol–water partition coefficient (Wildman–Crippen LogP) is 2.01. The molecule has 0 radical (unpaired) electrons. The normalized spacial score (nSPS) is 19.0. The first-order valence-corrected chi connectivity index (χ1v) is 5.05. The average Bonchev–Trinajstić information content (AvgIpc) is 2.74. The number of nitrogens with one attached hydrogen (secondary N) is 1. The fourth-order valence-corrected chi connectivity index (χ4v) is 2.36. The van der Waals surface area contributed by atoms with Crippen molar-refractivity contribution in [3.05, 3.63) is 23.0 Å². The second-order valence-electron chi connectivity index (χ2n) is 4.31. The van der Waals surface area contributed by atoms with Gasteiger partial charge in [0.25, 0.3) is 0 Å². The Labute approximate surface area is 79.5 Å². The number of H-pyrrole nitrogens is 1. The van der Waals surface area contributed by atoms with Crippen LogP contribution in [0.25, 0.3) is 0 Å². The summed E-state index contributed by atoms with van der Waals surface area (Å²) in [5.74, 6) is 0. The summed E-state index contributed by atoms with van der Waals surface area (Å²) in [4.78, 5) is 3.37. The van der Waals surface area contributed by atoms with E-state index in [2.05, 4.69) is 24.9 Å². The number of aryl methyl sites for hydroxylation is 2. The third kappa shape index (κ3) is 1.39. The lowest BCUT2D eigenvalue weighted by Gasteiger charge is -2.13. The lowest BCUT2D eigenvalue weighted by molar-refractivity contribution is 0.626. The molecule has 3 N–H and O–H groups in total. The summed E-state index contributed by atoms with van der Waals surface area (Å²) in [7, 11) is 0. The van der Waals surface area contributed by atoms with Gasteiger partial charge in [0.05, 0.1) is 0 Å². The van der Waals surface area contributed by atoms with Gasteiger partial charge in [-0.15, -0.1) is 0 Å². The van der Waals surface area contributed by atoms with Gasteiger partial charge in [-0.25, -0.2) is 0 Å². The van der Waals surface area contributed by atoms with Crippen LogP contribution in [0, 0.1) is 13.8 Å². The van der Waals surface area contributed by atoms with E-state index in [0.717, 1.165) is 13.0 Å². The first kappa shape index (κ1) is 8.82. The monoisotopic (exact) mass is 178 g/mol. The smallest absolute Gasteiger partial charge is 0.0155 e. The van der Waals surface area contributed by atoms with Crippen molar-refractivity contribution in [3.8, 4) is 0 Å². The molecule has 2 rings (SSSR count). The Balaban J connectivity index is 2.29. The molecule has 1 fully saturated rings. The summed E-state index contributed by atoms with van der Waals surface area (Å²) in [6.07, 6.45) is 3.79. The Bertz CT molecular complexity index is 308. The Morgan fingerprint density at radius 1 is 1.46 bits per heavy atom. The largest absolute Gasteiger partial charge is 0.362 e. The minimum Gasteiger partial charge on any atom is -0.362 e. The Kier molecular flexibility index (Phi) is 1.95. The Morgan fingerprint density at radius 2 is 2.15 bits per heavy atom. The van der Waals surface area contributed by atoms with Crippen molar-refractivity contribution in [1.82, 2.24) is 4.98 Å². The van der Waals surface area contributed by atoms with Gasteiger partial charge < -0.3 is 10.7 Å². The quantitative estimate of drug-likeness (QED) is 0.730. The molecule has 1 aromatic heterocycles. The highest BCUT2D eigenvalue weighted by molar-refractivity contribution is 5.37. The first-order chi connectivity index (χ1) is 6.18. The van der Waals surface area contributed by atoms with Crippen LogP contribution in [0.15, 0.2) is 6.07 Å². The van der Waals surface area contributed by atoms with E-state index in [-0.39, 0.29) is 0 Å². The Morgan fingerprint density at radius 3 is 2.54 bits per heavy atom. The van der Waals surface area contributed by atoms with Gasteiger partial charge >= 0.3 is 0 Å². The van der Waals surface area contributed by atoms with E-state index in [1.54, 1.807) is 0 Å². The molecule has 72 valence electrons. The van der Waals surface area contributed by atoms with Crippen LogP contribution in [0.5, 0.6) is 0 Å². The summed E-state index contributed by atoms with van der Waals surface area (Å²) in [6.45, 7) is 5.09. The van der Waals surface area contributed by atoms with Crippen molar-refractivity contribution >= 4 is 0 Å². The van der Waals surface area contributed by atoms with Crippen molar-refractivity contribution in [2.45, 2.75) is 38.5 Å². The third-order valence-electron chi connectivity index (χ3n) is 3.20. The zero-order valence-electron chi connectivity index (χ0n) is 8.48. The highest BCUT2D eigenvalue weighted by Crippen LogP contribution is 2.51. The fourth-order valence-electron chi connectivity index (χ4n) is 2.36. The van der Waals surface area contributed by atoms with Crippen LogP contribution in [0.1, 0.15) is 36.2 Å². The van der Waals surface area contributed by atoms with Gasteiger partial charge in [-0.2, -0.15) is 0 Å². The van der Waals surface area contributed by atoms with E-state index in [1.165, 1.54) is 29.8 Å². The average molecular weight is 178 g/mol. The molecule has 2 nitrogen and oxygen atoms in total. The van der Waals surface area contributed by atoms with Gasteiger partial charge in [0.1, 0.15) is 0 Å². The molecule has 1 heterocycles. The van der Waals surface area contributed by atoms with Crippen molar-refractivity contribution in [1.29, 1.82) is 0 Å². The van der Waals surface area contributed by atoms with E-state index in [1.807, 2.05) is 0 Å². The van der Waals surface area contributed by atoms with Crippen molar-refractivity contribution in [2.75, 3.05) is 6.54 Å². The van der Waals surface area contributed by atoms with E-state index in [4.69, 9.17) is 5.73 Å². The summed E-state index contributed by atoms with van der Waals surface area (Å²) >= 11 is 0. The van der Waals surface area contributed by atoms with Crippen LogP contribution < -0.4 is 5.73 Å². The standard InChI is InChI=1S/C11H18N2/c1-8-7-10(9(2)13-8)11(3-4-11)5-6-12/h7,13H,3-6,12H2,1-2H3. The van der Waals surface area contributed by atoms with E-state index in [9.17, 15) is 0 Å². The van der Waals surface area contributed by atoms with E-state index in [0.29, 0.717) is 5.41 Å². The maximum atomic E-state index is 5.64. The SMILES string of the molecule is Cc1cc(C2(CCN)CC2)c(C)[nH]1. The molecule has 2 heteroatoms. The van der Waals surface area contributed by atoms with Gasteiger partial charge in [-0.1, -0.05) is 0 Å². The number of rotatable bonds is 3.